The summed E-state index contributed by atoms with van der Waals surface area (Å²) in [6.45, 7) is 0.293. The third-order valence-corrected chi connectivity index (χ3v) is 4.30. The third kappa shape index (κ3) is 2.41. The van der Waals surface area contributed by atoms with Crippen LogP contribution in [0.25, 0.3) is 22.3 Å². The molecule has 0 atom stereocenters. The molecule has 2 heterocycles. The predicted octanol–water partition coefficient (Wildman–Crippen LogP) is 3.80. The number of rotatable bonds is 2. The molecule has 0 radical (unpaired) electrons. The first-order valence-electron chi connectivity index (χ1n) is 7.80. The number of benzene rings is 2. The van der Waals surface area contributed by atoms with E-state index in [1.807, 2.05) is 36.4 Å². The van der Waals surface area contributed by atoms with Crippen molar-refractivity contribution < 1.29 is 19.4 Å². The van der Waals surface area contributed by atoms with E-state index in [1.54, 1.807) is 18.5 Å². The van der Waals surface area contributed by atoms with Crippen LogP contribution in [0.5, 0.6) is 11.5 Å². The molecular formula is C20H15NO4. The molecule has 0 bridgehead atoms. The molecule has 0 unspecified atom stereocenters. The molecule has 4 rings (SSSR count). The molecule has 0 aliphatic carbocycles. The van der Waals surface area contributed by atoms with Gasteiger partial charge in [-0.1, -0.05) is 24.3 Å². The fourth-order valence-electron chi connectivity index (χ4n) is 3.19. The maximum absolute atomic E-state index is 12.3. The van der Waals surface area contributed by atoms with Crippen LogP contribution < -0.4 is 4.74 Å². The zero-order valence-corrected chi connectivity index (χ0v) is 13.5. The van der Waals surface area contributed by atoms with Crippen LogP contribution in [0.2, 0.25) is 0 Å². The Morgan fingerprint density at radius 2 is 2.04 bits per heavy atom. The van der Waals surface area contributed by atoms with Gasteiger partial charge >= 0.3 is 5.97 Å². The van der Waals surface area contributed by atoms with E-state index in [2.05, 4.69) is 4.98 Å². The Morgan fingerprint density at radius 1 is 1.20 bits per heavy atom. The SMILES string of the molecule is COC(=O)c1c(O)cc(-c2cccnc2)c2c1-c1ccccc1OC2. The van der Waals surface area contributed by atoms with E-state index < -0.39 is 5.97 Å². The first-order valence-corrected chi connectivity index (χ1v) is 7.80. The molecule has 25 heavy (non-hydrogen) atoms. The van der Waals surface area contributed by atoms with Crippen molar-refractivity contribution in [2.75, 3.05) is 7.11 Å². The standard InChI is InChI=1S/C20H15NO4/c1-24-20(23)19-16(22)9-14(12-5-4-8-21-10-12)15-11-25-17-7-3-2-6-13(17)18(15)19/h2-10,22H,11H2,1H3. The van der Waals surface area contributed by atoms with Crippen LogP contribution in [0.15, 0.2) is 54.9 Å². The number of carbonyl (C=O) groups excluding carboxylic acids is 1. The number of ether oxygens (including phenoxy) is 2. The maximum Gasteiger partial charge on any atom is 0.342 e. The van der Waals surface area contributed by atoms with Crippen molar-refractivity contribution in [3.05, 3.63) is 66.0 Å². The lowest BCUT2D eigenvalue weighted by molar-refractivity contribution is 0.0598. The molecule has 0 fully saturated rings. The van der Waals surface area contributed by atoms with Crippen LogP contribution in [-0.4, -0.2) is 23.2 Å². The summed E-state index contributed by atoms with van der Waals surface area (Å²) in [5.41, 5.74) is 4.00. The van der Waals surface area contributed by atoms with E-state index in [4.69, 9.17) is 9.47 Å². The second-order valence-electron chi connectivity index (χ2n) is 5.69. The van der Waals surface area contributed by atoms with Gasteiger partial charge in [-0.15, -0.1) is 0 Å². The first kappa shape index (κ1) is 15.2. The highest BCUT2D eigenvalue weighted by molar-refractivity contribution is 6.04. The number of hydrogen-bond donors (Lipinski definition) is 1. The molecule has 0 saturated heterocycles. The van der Waals surface area contributed by atoms with Crippen LogP contribution in [0.4, 0.5) is 0 Å². The van der Waals surface area contributed by atoms with Crippen molar-refractivity contribution in [3.63, 3.8) is 0 Å². The summed E-state index contributed by atoms with van der Waals surface area (Å²) in [5.74, 6) is -0.0350. The normalized spacial score (nSPS) is 11.9. The van der Waals surface area contributed by atoms with Crippen LogP contribution >= 0.6 is 0 Å². The van der Waals surface area contributed by atoms with Gasteiger partial charge in [0.2, 0.25) is 0 Å². The highest BCUT2D eigenvalue weighted by Gasteiger charge is 2.29. The quantitative estimate of drug-likeness (QED) is 0.723. The number of pyridine rings is 1. The molecule has 124 valence electrons. The Bertz CT molecular complexity index is 967. The summed E-state index contributed by atoms with van der Waals surface area (Å²) < 4.78 is 10.8. The number of nitrogens with zero attached hydrogens (tertiary/aromatic N) is 1. The topological polar surface area (TPSA) is 68.7 Å². The number of hydrogen-bond acceptors (Lipinski definition) is 5. The Morgan fingerprint density at radius 3 is 2.80 bits per heavy atom. The van der Waals surface area contributed by atoms with Gasteiger partial charge in [-0.05, 0) is 23.8 Å². The van der Waals surface area contributed by atoms with Crippen molar-refractivity contribution in [2.45, 2.75) is 6.61 Å². The average molecular weight is 333 g/mol. The fourth-order valence-corrected chi connectivity index (χ4v) is 3.19. The Hall–Kier alpha value is -3.34. The van der Waals surface area contributed by atoms with E-state index in [0.29, 0.717) is 17.9 Å². The molecule has 5 heteroatoms. The molecule has 1 aliphatic rings. The lowest BCUT2D eigenvalue weighted by Gasteiger charge is -2.25. The molecule has 1 N–H and O–H groups in total. The average Bonchev–Trinajstić information content (AvgIpc) is 2.67. The van der Waals surface area contributed by atoms with Crippen LogP contribution in [0.3, 0.4) is 0 Å². The predicted molar refractivity (Wildman–Crippen MR) is 92.4 cm³/mol. The summed E-state index contributed by atoms with van der Waals surface area (Å²) >= 11 is 0. The van der Waals surface area contributed by atoms with E-state index in [0.717, 1.165) is 22.3 Å². The molecule has 5 nitrogen and oxygen atoms in total. The summed E-state index contributed by atoms with van der Waals surface area (Å²) in [7, 11) is 1.30. The zero-order chi connectivity index (χ0) is 17.4. The molecule has 3 aromatic rings. The summed E-state index contributed by atoms with van der Waals surface area (Å²) in [6, 6.07) is 12.7. The minimum atomic E-state index is -0.580. The Kier molecular flexibility index (Phi) is 3.61. The molecular weight excluding hydrogens is 318 g/mol. The number of methoxy groups -OCH3 is 1. The smallest absolute Gasteiger partial charge is 0.342 e. The number of aromatic nitrogens is 1. The maximum atomic E-state index is 12.3. The van der Waals surface area contributed by atoms with Crippen LogP contribution in [-0.2, 0) is 11.3 Å². The number of esters is 1. The number of fused-ring (bicyclic) bond motifs is 3. The van der Waals surface area contributed by atoms with Gasteiger partial charge in [0.05, 0.1) is 7.11 Å². The van der Waals surface area contributed by atoms with Gasteiger partial charge < -0.3 is 14.6 Å². The number of para-hydroxylation sites is 1. The highest BCUT2D eigenvalue weighted by atomic mass is 16.5. The van der Waals surface area contributed by atoms with Gasteiger partial charge in [0, 0.05) is 34.6 Å². The van der Waals surface area contributed by atoms with Crippen molar-refractivity contribution >= 4 is 5.97 Å². The third-order valence-electron chi connectivity index (χ3n) is 4.30. The van der Waals surface area contributed by atoms with Crippen LogP contribution in [0.1, 0.15) is 15.9 Å². The van der Waals surface area contributed by atoms with Crippen molar-refractivity contribution in [3.8, 4) is 33.8 Å². The number of phenolic OH excluding ortho intramolecular Hbond substituents is 1. The first-order chi connectivity index (χ1) is 12.2. The van der Waals surface area contributed by atoms with Gasteiger partial charge in [0.15, 0.2) is 0 Å². The number of phenols is 1. The van der Waals surface area contributed by atoms with Gasteiger partial charge in [0.25, 0.3) is 0 Å². The summed E-state index contributed by atoms with van der Waals surface area (Å²) in [6.07, 6.45) is 3.40. The van der Waals surface area contributed by atoms with Gasteiger partial charge in [-0.2, -0.15) is 0 Å². The van der Waals surface area contributed by atoms with Crippen molar-refractivity contribution in [1.29, 1.82) is 0 Å². The molecule has 1 aromatic heterocycles. The van der Waals surface area contributed by atoms with Gasteiger partial charge in [-0.25, -0.2) is 4.79 Å². The highest BCUT2D eigenvalue weighted by Crippen LogP contribution is 2.46. The number of aromatic hydroxyl groups is 1. The Balaban J connectivity index is 2.08. The monoisotopic (exact) mass is 333 g/mol. The van der Waals surface area contributed by atoms with Crippen molar-refractivity contribution in [1.82, 2.24) is 4.98 Å². The Labute approximate surface area is 144 Å². The second-order valence-corrected chi connectivity index (χ2v) is 5.69. The summed E-state index contributed by atoms with van der Waals surface area (Å²) in [4.78, 5) is 16.5. The fraction of sp³-hybridized carbons (Fsp3) is 0.100. The minimum Gasteiger partial charge on any atom is -0.507 e. The minimum absolute atomic E-state index is 0.124. The van der Waals surface area contributed by atoms with Gasteiger partial charge in [-0.3, -0.25) is 4.98 Å². The molecule has 2 aromatic carbocycles. The molecule has 0 spiro atoms. The zero-order valence-electron chi connectivity index (χ0n) is 13.5. The van der Waals surface area contributed by atoms with E-state index in [-0.39, 0.29) is 11.3 Å². The van der Waals surface area contributed by atoms with E-state index in [9.17, 15) is 9.90 Å². The lowest BCUT2D eigenvalue weighted by atomic mass is 9.86. The molecule has 0 saturated carbocycles. The lowest BCUT2D eigenvalue weighted by Crippen LogP contribution is -2.13. The van der Waals surface area contributed by atoms with E-state index >= 15 is 0 Å². The second kappa shape index (κ2) is 5.94. The van der Waals surface area contributed by atoms with Gasteiger partial charge in [0.1, 0.15) is 23.7 Å². The molecule has 0 amide bonds. The van der Waals surface area contributed by atoms with E-state index in [1.165, 1.54) is 7.11 Å². The summed E-state index contributed by atoms with van der Waals surface area (Å²) in [5, 5.41) is 10.6. The molecule has 1 aliphatic heterocycles. The van der Waals surface area contributed by atoms with Crippen molar-refractivity contribution in [2.24, 2.45) is 0 Å². The largest absolute Gasteiger partial charge is 0.507 e. The number of carbonyl (C=O) groups is 1. The van der Waals surface area contributed by atoms with Crippen LogP contribution in [0, 0.1) is 0 Å².